The molecule has 0 bridgehead atoms. The van der Waals surface area contributed by atoms with E-state index >= 15 is 0 Å². The molecule has 0 radical (unpaired) electrons. The zero-order valence-electron chi connectivity index (χ0n) is 6.43. The van der Waals surface area contributed by atoms with Crippen molar-refractivity contribution in [1.29, 1.82) is 0 Å². The molecule has 0 heteroatoms. The lowest BCUT2D eigenvalue weighted by Crippen LogP contribution is -1.85. The van der Waals surface area contributed by atoms with Gasteiger partial charge in [0.25, 0.3) is 0 Å². The number of hydrogen-bond acceptors (Lipinski definition) is 0. The molecular formula is C9H16. The summed E-state index contributed by atoms with van der Waals surface area (Å²) in [6.45, 7) is 8.04. The maximum Gasteiger partial charge on any atom is -0.0259 e. The van der Waals surface area contributed by atoms with Crippen LogP contribution in [-0.4, -0.2) is 0 Å². The second kappa shape index (κ2) is 5.61. The van der Waals surface area contributed by atoms with Gasteiger partial charge in [0.05, 0.1) is 0 Å². The van der Waals surface area contributed by atoms with Gasteiger partial charge in [-0.05, 0) is 12.3 Å². The van der Waals surface area contributed by atoms with E-state index in [-0.39, 0.29) is 0 Å². The van der Waals surface area contributed by atoms with Crippen molar-refractivity contribution in [2.24, 2.45) is 5.92 Å². The van der Waals surface area contributed by atoms with E-state index in [4.69, 9.17) is 0 Å². The van der Waals surface area contributed by atoms with Crippen LogP contribution in [0.2, 0.25) is 0 Å². The fraction of sp³-hybridized carbons (Fsp3) is 0.556. The second-order valence-electron chi connectivity index (χ2n) is 2.39. The minimum Gasteiger partial charge on any atom is -0.0991 e. The summed E-state index contributed by atoms with van der Waals surface area (Å²) < 4.78 is 0. The highest BCUT2D eigenvalue weighted by Gasteiger charge is 1.90. The molecule has 0 aromatic rings. The molecule has 0 saturated carbocycles. The van der Waals surface area contributed by atoms with Crippen LogP contribution in [0.1, 0.15) is 26.7 Å². The van der Waals surface area contributed by atoms with E-state index < -0.39 is 0 Å². The van der Waals surface area contributed by atoms with Crippen molar-refractivity contribution < 1.29 is 0 Å². The van der Waals surface area contributed by atoms with Crippen LogP contribution in [0.15, 0.2) is 24.8 Å². The Kier molecular flexibility index (Phi) is 5.29. The van der Waals surface area contributed by atoms with E-state index in [2.05, 4.69) is 26.5 Å². The fourth-order valence-corrected chi connectivity index (χ4v) is 0.820. The molecule has 0 aliphatic rings. The SMILES string of the molecule is C=C/C=C\C(C)CCC. The lowest BCUT2D eigenvalue weighted by Gasteiger charge is -1.99. The molecule has 0 saturated heterocycles. The molecule has 1 unspecified atom stereocenters. The Hall–Kier alpha value is -0.520. The number of allylic oxidation sites excluding steroid dienone is 3. The summed E-state index contributed by atoms with van der Waals surface area (Å²) in [7, 11) is 0. The summed E-state index contributed by atoms with van der Waals surface area (Å²) in [4.78, 5) is 0. The molecule has 52 valence electrons. The molecule has 0 aliphatic heterocycles. The van der Waals surface area contributed by atoms with Gasteiger partial charge in [0.2, 0.25) is 0 Å². The van der Waals surface area contributed by atoms with E-state index in [0.717, 1.165) is 0 Å². The molecule has 1 atom stereocenters. The van der Waals surface area contributed by atoms with E-state index in [1.54, 1.807) is 0 Å². The van der Waals surface area contributed by atoms with Crippen LogP contribution < -0.4 is 0 Å². The summed E-state index contributed by atoms with van der Waals surface area (Å²) in [5, 5.41) is 0. The molecule has 0 aromatic carbocycles. The molecular weight excluding hydrogens is 108 g/mol. The first kappa shape index (κ1) is 8.48. The van der Waals surface area contributed by atoms with Crippen LogP contribution in [0.3, 0.4) is 0 Å². The first-order chi connectivity index (χ1) is 4.31. The van der Waals surface area contributed by atoms with Gasteiger partial charge in [-0.15, -0.1) is 0 Å². The largest absolute Gasteiger partial charge is 0.0991 e. The van der Waals surface area contributed by atoms with Crippen molar-refractivity contribution in [3.05, 3.63) is 24.8 Å². The van der Waals surface area contributed by atoms with Crippen LogP contribution in [0, 0.1) is 5.92 Å². The van der Waals surface area contributed by atoms with Gasteiger partial charge in [0.15, 0.2) is 0 Å². The molecule has 0 fully saturated rings. The van der Waals surface area contributed by atoms with E-state index in [1.807, 2.05) is 12.2 Å². The minimum absolute atomic E-state index is 0.716. The first-order valence-electron chi connectivity index (χ1n) is 3.60. The average Bonchev–Trinajstić information content (AvgIpc) is 1.85. The van der Waals surface area contributed by atoms with Crippen molar-refractivity contribution in [2.45, 2.75) is 26.7 Å². The van der Waals surface area contributed by atoms with Crippen LogP contribution in [0.4, 0.5) is 0 Å². The maximum atomic E-state index is 3.61. The topological polar surface area (TPSA) is 0 Å². The maximum absolute atomic E-state index is 3.61. The minimum atomic E-state index is 0.716. The van der Waals surface area contributed by atoms with E-state index in [9.17, 15) is 0 Å². The highest BCUT2D eigenvalue weighted by atomic mass is 14.0. The average molecular weight is 124 g/mol. The summed E-state index contributed by atoms with van der Waals surface area (Å²) in [6, 6.07) is 0. The first-order valence-corrected chi connectivity index (χ1v) is 3.60. The summed E-state index contributed by atoms with van der Waals surface area (Å²) >= 11 is 0. The summed E-state index contributed by atoms with van der Waals surface area (Å²) in [5.41, 5.74) is 0. The van der Waals surface area contributed by atoms with Gasteiger partial charge >= 0.3 is 0 Å². The Morgan fingerprint density at radius 3 is 2.67 bits per heavy atom. The summed E-state index contributed by atoms with van der Waals surface area (Å²) in [6.07, 6.45) is 8.58. The lowest BCUT2D eigenvalue weighted by molar-refractivity contribution is 0.634. The number of rotatable bonds is 4. The Bertz CT molecular complexity index is 90.2. The van der Waals surface area contributed by atoms with Crippen molar-refractivity contribution in [3.8, 4) is 0 Å². The third-order valence-corrected chi connectivity index (χ3v) is 1.32. The Morgan fingerprint density at radius 2 is 2.22 bits per heavy atom. The van der Waals surface area contributed by atoms with Crippen molar-refractivity contribution in [1.82, 2.24) is 0 Å². The standard InChI is InChI=1S/C9H16/c1-4-6-8-9(3)7-5-2/h4,6,8-9H,1,5,7H2,2-3H3/b8-6-. The van der Waals surface area contributed by atoms with Gasteiger partial charge in [-0.3, -0.25) is 0 Å². The van der Waals surface area contributed by atoms with Crippen molar-refractivity contribution in [2.75, 3.05) is 0 Å². The zero-order valence-corrected chi connectivity index (χ0v) is 6.43. The van der Waals surface area contributed by atoms with Gasteiger partial charge in [0.1, 0.15) is 0 Å². The van der Waals surface area contributed by atoms with Crippen LogP contribution in [0.25, 0.3) is 0 Å². The van der Waals surface area contributed by atoms with Crippen LogP contribution in [0.5, 0.6) is 0 Å². The van der Waals surface area contributed by atoms with Crippen LogP contribution >= 0.6 is 0 Å². The molecule has 0 amide bonds. The number of hydrogen-bond donors (Lipinski definition) is 0. The molecule has 0 aliphatic carbocycles. The summed E-state index contributed by atoms with van der Waals surface area (Å²) in [5.74, 6) is 0.716. The smallest absolute Gasteiger partial charge is 0.0259 e. The van der Waals surface area contributed by atoms with Crippen molar-refractivity contribution in [3.63, 3.8) is 0 Å². The highest BCUT2D eigenvalue weighted by Crippen LogP contribution is 2.05. The third kappa shape index (κ3) is 5.35. The molecule has 0 aromatic heterocycles. The van der Waals surface area contributed by atoms with Gasteiger partial charge < -0.3 is 0 Å². The fourth-order valence-electron chi connectivity index (χ4n) is 0.820. The zero-order chi connectivity index (χ0) is 7.11. The molecule has 0 spiro atoms. The van der Waals surface area contributed by atoms with E-state index in [1.165, 1.54) is 12.8 Å². The van der Waals surface area contributed by atoms with E-state index in [0.29, 0.717) is 5.92 Å². The third-order valence-electron chi connectivity index (χ3n) is 1.32. The van der Waals surface area contributed by atoms with Gasteiger partial charge in [0, 0.05) is 0 Å². The normalized spacial score (nSPS) is 14.0. The Balaban J connectivity index is 3.35. The molecule has 0 rings (SSSR count). The highest BCUT2D eigenvalue weighted by molar-refractivity contribution is 4.98. The molecule has 0 N–H and O–H groups in total. The Morgan fingerprint density at radius 1 is 1.56 bits per heavy atom. The van der Waals surface area contributed by atoms with Gasteiger partial charge in [-0.1, -0.05) is 45.1 Å². The monoisotopic (exact) mass is 124 g/mol. The predicted octanol–water partition coefficient (Wildman–Crippen LogP) is 3.16. The molecule has 0 heterocycles. The predicted molar refractivity (Wildman–Crippen MR) is 43.4 cm³/mol. The Labute approximate surface area is 58.3 Å². The van der Waals surface area contributed by atoms with Gasteiger partial charge in [-0.2, -0.15) is 0 Å². The quantitative estimate of drug-likeness (QED) is 0.505. The van der Waals surface area contributed by atoms with Gasteiger partial charge in [-0.25, -0.2) is 0 Å². The lowest BCUT2D eigenvalue weighted by atomic mass is 10.1. The molecule has 0 nitrogen and oxygen atoms in total. The van der Waals surface area contributed by atoms with Crippen molar-refractivity contribution >= 4 is 0 Å². The molecule has 9 heavy (non-hydrogen) atoms. The second-order valence-corrected chi connectivity index (χ2v) is 2.39. The van der Waals surface area contributed by atoms with Crippen LogP contribution in [-0.2, 0) is 0 Å².